The summed E-state index contributed by atoms with van der Waals surface area (Å²) in [6.45, 7) is 4.71. The molecule has 1 unspecified atom stereocenters. The zero-order valence-electron chi connectivity index (χ0n) is 17.4. The van der Waals surface area contributed by atoms with Gasteiger partial charge in [-0.2, -0.15) is 4.57 Å². The summed E-state index contributed by atoms with van der Waals surface area (Å²) in [5, 5.41) is 4.50. The second kappa shape index (κ2) is 8.14. The van der Waals surface area contributed by atoms with Gasteiger partial charge < -0.3 is 16.5 Å². The summed E-state index contributed by atoms with van der Waals surface area (Å²) in [6, 6.07) is 7.84. The Kier molecular flexibility index (Phi) is 5.39. The minimum atomic E-state index is -0.244. The Bertz CT molecular complexity index is 1110. The summed E-state index contributed by atoms with van der Waals surface area (Å²) >= 11 is 0. The van der Waals surface area contributed by atoms with E-state index in [1.165, 1.54) is 0 Å². The normalized spacial score (nSPS) is 16.3. The van der Waals surface area contributed by atoms with Gasteiger partial charge in [-0.3, -0.25) is 10.3 Å². The van der Waals surface area contributed by atoms with E-state index in [1.54, 1.807) is 4.57 Å². The molecule has 8 heteroatoms. The molecule has 1 aliphatic heterocycles. The smallest absolute Gasteiger partial charge is 0.359 e. The molecule has 8 nitrogen and oxygen atoms in total. The number of nitrogens with zero attached hydrogens (tertiary/aromatic N) is 3. The van der Waals surface area contributed by atoms with E-state index in [-0.39, 0.29) is 23.8 Å². The van der Waals surface area contributed by atoms with Crippen molar-refractivity contribution in [2.24, 2.45) is 22.4 Å². The second-order valence-corrected chi connectivity index (χ2v) is 7.80. The van der Waals surface area contributed by atoms with Crippen molar-refractivity contribution < 1.29 is 9.36 Å². The van der Waals surface area contributed by atoms with Gasteiger partial charge in [0.2, 0.25) is 0 Å². The summed E-state index contributed by atoms with van der Waals surface area (Å²) in [4.78, 5) is 25.5. The molecule has 156 valence electrons. The number of anilines is 1. The number of para-hydroxylation sites is 1. The fourth-order valence-corrected chi connectivity index (χ4v) is 3.90. The van der Waals surface area contributed by atoms with Crippen LogP contribution in [-0.4, -0.2) is 34.4 Å². The van der Waals surface area contributed by atoms with Crippen LogP contribution in [0.2, 0.25) is 0 Å². The summed E-state index contributed by atoms with van der Waals surface area (Å²) in [6.07, 6.45) is 6.11. The van der Waals surface area contributed by atoms with E-state index >= 15 is 0 Å². The number of nitrogens with two attached hydrogens (primary N) is 2. The monoisotopic (exact) mass is 406 g/mol. The number of fused-ring (bicyclic) bond motifs is 2. The number of nitrogens with one attached hydrogen (secondary N) is 2. The van der Waals surface area contributed by atoms with Crippen LogP contribution >= 0.6 is 0 Å². The van der Waals surface area contributed by atoms with Gasteiger partial charge in [-0.05, 0) is 25.3 Å². The van der Waals surface area contributed by atoms with Crippen molar-refractivity contribution in [1.82, 2.24) is 9.97 Å². The van der Waals surface area contributed by atoms with Crippen molar-refractivity contribution in [2.75, 3.05) is 11.9 Å². The van der Waals surface area contributed by atoms with Crippen LogP contribution in [0.15, 0.2) is 41.7 Å². The van der Waals surface area contributed by atoms with Crippen molar-refractivity contribution in [1.29, 1.82) is 0 Å². The molecule has 3 aromatic rings. The van der Waals surface area contributed by atoms with Crippen molar-refractivity contribution >= 4 is 28.6 Å². The van der Waals surface area contributed by atoms with Gasteiger partial charge in [-0.1, -0.05) is 32.0 Å². The molecule has 0 aliphatic carbocycles. The van der Waals surface area contributed by atoms with Gasteiger partial charge in [0.25, 0.3) is 0 Å². The molecule has 6 N–H and O–H groups in total. The van der Waals surface area contributed by atoms with Crippen molar-refractivity contribution in [3.05, 3.63) is 42.4 Å². The zero-order chi connectivity index (χ0) is 21.3. The van der Waals surface area contributed by atoms with Crippen molar-refractivity contribution in [3.63, 3.8) is 0 Å². The standard InChI is InChI=1S/C22H27N7O/c1-3-13(2)19-21(30)29-12-18(15-11-26-16-8-5-4-7-14(15)16)27-17(20(29)28-19)9-6-10-25-22(23)24/h4-5,7-8,11-13,19,26H,3,6,9-10H2,1-2H3,(H4,23,24,25)/p+1/t13-,19?/m0/s1. The molecule has 2 aromatic heterocycles. The Hall–Kier alpha value is -3.42. The van der Waals surface area contributed by atoms with Crippen molar-refractivity contribution in [2.45, 2.75) is 39.2 Å². The number of aryl methyl sites for hydroxylation is 1. The predicted octanol–water partition coefficient (Wildman–Crippen LogP) is 2.20. The highest BCUT2D eigenvalue weighted by molar-refractivity contribution is 5.94. The number of H-pyrrole nitrogens is 1. The Morgan fingerprint density at radius 3 is 2.90 bits per heavy atom. The number of hydrogen-bond acceptors (Lipinski definition) is 4. The average Bonchev–Trinajstić information content (AvgIpc) is 3.32. The molecular weight excluding hydrogens is 378 g/mol. The van der Waals surface area contributed by atoms with Crippen LogP contribution in [-0.2, 0) is 6.42 Å². The number of aromatic nitrogens is 3. The molecule has 4 rings (SSSR count). The lowest BCUT2D eigenvalue weighted by Gasteiger charge is -2.09. The van der Waals surface area contributed by atoms with E-state index in [1.807, 2.05) is 30.6 Å². The van der Waals surface area contributed by atoms with Crippen LogP contribution < -0.4 is 21.4 Å². The first-order valence-corrected chi connectivity index (χ1v) is 10.4. The highest BCUT2D eigenvalue weighted by Gasteiger charge is 2.43. The Morgan fingerprint density at radius 1 is 1.33 bits per heavy atom. The summed E-state index contributed by atoms with van der Waals surface area (Å²) < 4.78 is 1.73. The molecule has 30 heavy (non-hydrogen) atoms. The maximum absolute atomic E-state index is 13.2. The minimum Gasteiger partial charge on any atom is -0.370 e. The number of benzene rings is 1. The van der Waals surface area contributed by atoms with E-state index in [0.29, 0.717) is 13.0 Å². The Labute approximate surface area is 175 Å². The third kappa shape index (κ3) is 3.60. The number of guanidine groups is 1. The van der Waals surface area contributed by atoms with E-state index in [9.17, 15) is 4.79 Å². The molecule has 0 saturated carbocycles. The van der Waals surface area contributed by atoms with E-state index in [2.05, 4.69) is 35.2 Å². The zero-order valence-corrected chi connectivity index (χ0v) is 17.4. The Balaban J connectivity index is 1.76. The number of rotatable bonds is 7. The van der Waals surface area contributed by atoms with Crippen LogP contribution in [0, 0.1) is 5.92 Å². The SMILES string of the molecule is CC[C@H](C)C1Nc2c(CCCN=C(N)N)nc(-c3c[nH]c4ccccc34)c[n+]2C1=O. The number of hydrogen-bond donors (Lipinski definition) is 4. The Morgan fingerprint density at radius 2 is 2.13 bits per heavy atom. The predicted molar refractivity (Wildman–Crippen MR) is 118 cm³/mol. The van der Waals surface area contributed by atoms with Gasteiger partial charge in [0.05, 0.1) is 0 Å². The highest BCUT2D eigenvalue weighted by atomic mass is 16.2. The van der Waals surface area contributed by atoms with Crippen LogP contribution in [0.1, 0.15) is 37.2 Å². The molecule has 0 radical (unpaired) electrons. The molecule has 0 saturated heterocycles. The fourth-order valence-electron chi connectivity index (χ4n) is 3.90. The molecule has 1 aromatic carbocycles. The molecule has 0 fully saturated rings. The molecule has 0 spiro atoms. The van der Waals surface area contributed by atoms with Gasteiger partial charge in [0.1, 0.15) is 17.6 Å². The number of aromatic amines is 1. The van der Waals surface area contributed by atoms with Crippen molar-refractivity contribution in [3.8, 4) is 11.3 Å². The largest absolute Gasteiger partial charge is 0.370 e. The summed E-state index contributed by atoms with van der Waals surface area (Å²) in [5.74, 6) is 1.15. The quantitative estimate of drug-likeness (QED) is 0.207. The fraction of sp³-hybridized carbons (Fsp3) is 0.364. The van der Waals surface area contributed by atoms with Gasteiger partial charge in [0, 0.05) is 35.1 Å². The lowest BCUT2D eigenvalue weighted by atomic mass is 9.99. The second-order valence-electron chi connectivity index (χ2n) is 7.80. The first-order valence-electron chi connectivity index (χ1n) is 10.4. The molecule has 2 atom stereocenters. The first-order chi connectivity index (χ1) is 14.5. The molecule has 3 heterocycles. The lowest BCUT2D eigenvalue weighted by Crippen LogP contribution is -2.45. The third-order valence-electron chi connectivity index (χ3n) is 5.76. The number of carbonyl (C=O) groups is 1. The maximum atomic E-state index is 13.2. The van der Waals surface area contributed by atoms with Crippen LogP contribution in [0.25, 0.3) is 22.2 Å². The molecule has 1 aliphatic rings. The topological polar surface area (TPSA) is 126 Å². The number of carbonyl (C=O) groups excluding carboxylic acids is 1. The molecule has 0 amide bonds. The van der Waals surface area contributed by atoms with Crippen LogP contribution in [0.5, 0.6) is 0 Å². The minimum absolute atomic E-state index is 0.0633. The van der Waals surface area contributed by atoms with Gasteiger partial charge in [-0.25, -0.2) is 9.78 Å². The third-order valence-corrected chi connectivity index (χ3v) is 5.76. The highest BCUT2D eigenvalue weighted by Crippen LogP contribution is 2.29. The maximum Gasteiger partial charge on any atom is 0.359 e. The molecular formula is C22H28N7O+. The van der Waals surface area contributed by atoms with Crippen LogP contribution in [0.3, 0.4) is 0 Å². The van der Waals surface area contributed by atoms with E-state index in [4.69, 9.17) is 16.5 Å². The van der Waals surface area contributed by atoms with Gasteiger partial charge in [0.15, 0.2) is 12.0 Å². The van der Waals surface area contributed by atoms with E-state index < -0.39 is 0 Å². The summed E-state index contributed by atoms with van der Waals surface area (Å²) in [7, 11) is 0. The first kappa shape index (κ1) is 19.9. The summed E-state index contributed by atoms with van der Waals surface area (Å²) in [5.41, 5.74) is 14.5. The van der Waals surface area contributed by atoms with E-state index in [0.717, 1.165) is 46.5 Å². The molecule has 0 bridgehead atoms. The average molecular weight is 407 g/mol. The van der Waals surface area contributed by atoms with Gasteiger partial charge >= 0.3 is 11.7 Å². The number of aliphatic imine (C=N–C) groups is 1. The lowest BCUT2D eigenvalue weighted by molar-refractivity contribution is -0.553. The van der Waals surface area contributed by atoms with Crippen LogP contribution in [0.4, 0.5) is 5.82 Å². The van der Waals surface area contributed by atoms with Gasteiger partial charge in [-0.15, -0.1) is 0 Å².